The molecule has 1 saturated heterocycles. The van der Waals surface area contributed by atoms with Gasteiger partial charge in [-0.2, -0.15) is 5.26 Å². The molecular weight excluding hydrogens is 441 g/mol. The molecule has 4 rings (SSSR count). The van der Waals surface area contributed by atoms with E-state index in [9.17, 15) is 22.9 Å². The lowest BCUT2D eigenvalue weighted by molar-refractivity contribution is -0.125. The number of rotatable bonds is 6. The summed E-state index contributed by atoms with van der Waals surface area (Å²) in [5, 5.41) is 15.7. The third-order valence-corrected chi connectivity index (χ3v) is 8.42. The Morgan fingerprint density at radius 2 is 1.94 bits per heavy atom. The quantitative estimate of drug-likeness (QED) is 0.677. The number of carbonyl (C=O) groups is 1. The summed E-state index contributed by atoms with van der Waals surface area (Å²) in [6.07, 6.45) is 2.14. The van der Waals surface area contributed by atoms with Crippen LogP contribution in [-0.4, -0.2) is 38.7 Å². The molecule has 1 aliphatic carbocycles. The van der Waals surface area contributed by atoms with Gasteiger partial charge < -0.3 is 10.6 Å². The molecule has 0 aromatic heterocycles. The maximum Gasteiger partial charge on any atom is 0.238 e. The van der Waals surface area contributed by atoms with E-state index in [1.165, 1.54) is 18.2 Å². The summed E-state index contributed by atoms with van der Waals surface area (Å²) in [6.45, 7) is 4.36. The van der Waals surface area contributed by atoms with E-state index in [1.807, 2.05) is 0 Å². The minimum Gasteiger partial charge on any atom is -0.339 e. The van der Waals surface area contributed by atoms with Crippen LogP contribution in [0.2, 0.25) is 0 Å². The van der Waals surface area contributed by atoms with Crippen LogP contribution in [0.1, 0.15) is 25.8 Å². The SMILES string of the molecule is C[C@@H]1[C@H](C)[C@@H]2C[C@@H]1[C@@H](C(=O)N[C@H](C#N)Cc1ccc(-c3cccc(S(C)(=O)=O)c3)cc1F)N2. The Kier molecular flexibility index (Phi) is 6.30. The van der Waals surface area contributed by atoms with Crippen molar-refractivity contribution in [1.29, 1.82) is 5.26 Å². The van der Waals surface area contributed by atoms with Crippen LogP contribution in [0.25, 0.3) is 11.1 Å². The first-order valence-corrected chi connectivity index (χ1v) is 13.0. The zero-order valence-electron chi connectivity index (χ0n) is 18.9. The van der Waals surface area contributed by atoms with Crippen molar-refractivity contribution in [2.45, 2.75) is 49.7 Å². The summed E-state index contributed by atoms with van der Waals surface area (Å²) < 4.78 is 38.5. The number of carbonyl (C=O) groups excluding carboxylic acids is 1. The topological polar surface area (TPSA) is 99.1 Å². The van der Waals surface area contributed by atoms with Gasteiger partial charge in [0.2, 0.25) is 5.91 Å². The fraction of sp³-hybridized carbons (Fsp3) is 0.440. The highest BCUT2D eigenvalue weighted by Crippen LogP contribution is 2.44. The average molecular weight is 470 g/mol. The van der Waals surface area contributed by atoms with Gasteiger partial charge in [0.25, 0.3) is 0 Å². The molecular formula is C25H28FN3O3S. The monoisotopic (exact) mass is 469 g/mol. The van der Waals surface area contributed by atoms with Crippen molar-refractivity contribution >= 4 is 15.7 Å². The van der Waals surface area contributed by atoms with Crippen LogP contribution >= 0.6 is 0 Å². The van der Waals surface area contributed by atoms with Crippen LogP contribution < -0.4 is 10.6 Å². The number of nitriles is 1. The third-order valence-electron chi connectivity index (χ3n) is 7.31. The van der Waals surface area contributed by atoms with Crippen molar-refractivity contribution < 1.29 is 17.6 Å². The number of hydrogen-bond donors (Lipinski definition) is 2. The first-order chi connectivity index (χ1) is 15.6. The van der Waals surface area contributed by atoms with E-state index in [0.29, 0.717) is 34.6 Å². The Hall–Kier alpha value is -2.76. The molecule has 2 aromatic rings. The second-order valence-electron chi connectivity index (χ2n) is 9.37. The van der Waals surface area contributed by atoms with Gasteiger partial charge in [0.15, 0.2) is 9.84 Å². The van der Waals surface area contributed by atoms with Crippen LogP contribution in [0.15, 0.2) is 47.4 Å². The van der Waals surface area contributed by atoms with Gasteiger partial charge >= 0.3 is 0 Å². The zero-order valence-corrected chi connectivity index (χ0v) is 19.7. The smallest absolute Gasteiger partial charge is 0.238 e. The van der Waals surface area contributed by atoms with E-state index < -0.39 is 21.7 Å². The van der Waals surface area contributed by atoms with Gasteiger partial charge in [0.05, 0.1) is 17.0 Å². The van der Waals surface area contributed by atoms with Crippen LogP contribution in [0, 0.1) is 34.9 Å². The molecule has 6 atom stereocenters. The van der Waals surface area contributed by atoms with Crippen molar-refractivity contribution in [1.82, 2.24) is 10.6 Å². The van der Waals surface area contributed by atoms with Gasteiger partial charge in [-0.05, 0) is 59.1 Å². The van der Waals surface area contributed by atoms with Crippen LogP contribution in [0.3, 0.4) is 0 Å². The average Bonchev–Trinajstić information content (AvgIpc) is 3.34. The summed E-state index contributed by atoms with van der Waals surface area (Å²) in [4.78, 5) is 13.0. The number of sulfone groups is 1. The van der Waals surface area contributed by atoms with E-state index in [0.717, 1.165) is 12.7 Å². The number of benzene rings is 2. The number of amides is 1. The minimum absolute atomic E-state index is 0.0461. The molecule has 2 aliphatic rings. The number of halogens is 1. The van der Waals surface area contributed by atoms with E-state index >= 15 is 0 Å². The summed E-state index contributed by atoms with van der Waals surface area (Å²) >= 11 is 0. The van der Waals surface area contributed by atoms with E-state index in [-0.39, 0.29) is 29.2 Å². The first-order valence-electron chi connectivity index (χ1n) is 11.1. The largest absolute Gasteiger partial charge is 0.339 e. The maximum atomic E-state index is 14.9. The number of piperidine rings is 1. The van der Waals surface area contributed by atoms with Crippen LogP contribution in [-0.2, 0) is 21.1 Å². The van der Waals surface area contributed by atoms with Gasteiger partial charge in [-0.1, -0.05) is 38.1 Å². The Morgan fingerprint density at radius 1 is 1.21 bits per heavy atom. The molecule has 2 fully saturated rings. The van der Waals surface area contributed by atoms with Crippen molar-refractivity contribution in [2.24, 2.45) is 17.8 Å². The molecule has 6 nitrogen and oxygen atoms in total. The van der Waals surface area contributed by atoms with Crippen molar-refractivity contribution in [3.8, 4) is 17.2 Å². The summed E-state index contributed by atoms with van der Waals surface area (Å²) in [7, 11) is -3.37. The zero-order chi connectivity index (χ0) is 23.9. The van der Waals surface area contributed by atoms with Gasteiger partial charge in [-0.3, -0.25) is 4.79 Å². The lowest BCUT2D eigenvalue weighted by atomic mass is 9.84. The molecule has 0 spiro atoms. The normalized spacial score (nSPS) is 27.2. The molecule has 33 heavy (non-hydrogen) atoms. The summed E-state index contributed by atoms with van der Waals surface area (Å²) in [5.41, 5.74) is 1.43. The Labute approximate surface area is 194 Å². The summed E-state index contributed by atoms with van der Waals surface area (Å²) in [5.74, 6) is 0.507. The number of nitrogens with one attached hydrogen (secondary N) is 2. The van der Waals surface area contributed by atoms with Crippen molar-refractivity contribution in [2.75, 3.05) is 6.26 Å². The van der Waals surface area contributed by atoms with Gasteiger partial charge in [-0.25, -0.2) is 12.8 Å². The maximum absolute atomic E-state index is 14.9. The van der Waals surface area contributed by atoms with Gasteiger partial charge in [0, 0.05) is 18.7 Å². The highest BCUT2D eigenvalue weighted by atomic mass is 32.2. The predicted octanol–water partition coefficient (Wildman–Crippen LogP) is 3.08. The highest BCUT2D eigenvalue weighted by Gasteiger charge is 2.51. The van der Waals surface area contributed by atoms with Crippen molar-refractivity contribution in [3.05, 3.63) is 53.8 Å². The fourth-order valence-corrected chi connectivity index (χ4v) is 5.84. The standard InChI is InChI=1S/C25H28FN3O3S/c1-14-15(2)23-12-21(14)24(29-23)25(30)28-19(13-27)9-18-8-7-17(11-22(18)26)16-5-4-6-20(10-16)33(3,31)32/h4-8,10-11,14-15,19,21,23-24,29H,9,12H2,1-3H3,(H,28,30)/t14-,15+,19+,21+,23+,24+/m1/s1. The lowest BCUT2D eigenvalue weighted by Gasteiger charge is -2.32. The Bertz CT molecular complexity index is 1220. The minimum atomic E-state index is -3.37. The molecule has 8 heteroatoms. The second kappa shape index (κ2) is 8.88. The second-order valence-corrected chi connectivity index (χ2v) is 11.4. The Balaban J connectivity index is 1.45. The highest BCUT2D eigenvalue weighted by molar-refractivity contribution is 7.90. The van der Waals surface area contributed by atoms with Crippen LogP contribution in [0.5, 0.6) is 0 Å². The molecule has 2 bridgehead atoms. The van der Waals surface area contributed by atoms with Crippen molar-refractivity contribution in [3.63, 3.8) is 0 Å². The van der Waals surface area contributed by atoms with Crippen LogP contribution in [0.4, 0.5) is 4.39 Å². The molecule has 0 radical (unpaired) electrons. The van der Waals surface area contributed by atoms with Gasteiger partial charge in [-0.15, -0.1) is 0 Å². The third kappa shape index (κ3) is 4.66. The lowest BCUT2D eigenvalue weighted by Crippen LogP contribution is -2.54. The van der Waals surface area contributed by atoms with Gasteiger partial charge in [0.1, 0.15) is 11.9 Å². The molecule has 0 unspecified atom stereocenters. The summed E-state index contributed by atoms with van der Waals surface area (Å²) in [6, 6.07) is 12.2. The number of nitrogens with zero attached hydrogens (tertiary/aromatic N) is 1. The molecule has 1 aliphatic heterocycles. The Morgan fingerprint density at radius 3 is 2.55 bits per heavy atom. The van der Waals surface area contributed by atoms with E-state index in [2.05, 4.69) is 30.6 Å². The fourth-order valence-electron chi connectivity index (χ4n) is 5.17. The molecule has 174 valence electrons. The number of hydrogen-bond acceptors (Lipinski definition) is 5. The van der Waals surface area contributed by atoms with E-state index in [4.69, 9.17) is 0 Å². The molecule has 2 N–H and O–H groups in total. The first kappa shape index (κ1) is 23.4. The molecule has 2 aromatic carbocycles. The predicted molar refractivity (Wildman–Crippen MR) is 123 cm³/mol. The molecule has 1 amide bonds. The molecule has 1 heterocycles. The number of fused-ring (bicyclic) bond motifs is 2. The molecule has 1 saturated carbocycles. The van der Waals surface area contributed by atoms with E-state index in [1.54, 1.807) is 24.3 Å².